The van der Waals surface area contributed by atoms with Gasteiger partial charge in [-0.3, -0.25) is 0 Å². The topological polar surface area (TPSA) is 26.3 Å². The van der Waals surface area contributed by atoms with Gasteiger partial charge < -0.3 is 4.74 Å². The Labute approximate surface area is 92.7 Å². The van der Waals surface area contributed by atoms with E-state index in [0.29, 0.717) is 6.61 Å². The van der Waals surface area contributed by atoms with Gasteiger partial charge in [0.2, 0.25) is 0 Å². The van der Waals surface area contributed by atoms with Crippen LogP contribution in [0.5, 0.6) is 0 Å². The third-order valence-electron chi connectivity index (χ3n) is 2.31. The number of carbonyl (C=O) groups excluding carboxylic acids is 1. The van der Waals surface area contributed by atoms with Crippen LogP contribution in [-0.2, 0) is 9.53 Å². The predicted molar refractivity (Wildman–Crippen MR) is 66.9 cm³/mol. The van der Waals surface area contributed by atoms with Crippen LogP contribution in [0.3, 0.4) is 0 Å². The van der Waals surface area contributed by atoms with E-state index in [4.69, 9.17) is 4.74 Å². The van der Waals surface area contributed by atoms with Gasteiger partial charge in [0.25, 0.3) is 0 Å². The highest BCUT2D eigenvalue weighted by Crippen LogP contribution is 2.16. The second-order valence-corrected chi connectivity index (χ2v) is 7.15. The molecule has 0 aliphatic heterocycles. The van der Waals surface area contributed by atoms with E-state index >= 15 is 0 Å². The van der Waals surface area contributed by atoms with Crippen molar-refractivity contribution in [1.29, 1.82) is 0 Å². The first kappa shape index (κ1) is 13.6. The van der Waals surface area contributed by atoms with E-state index in [1.165, 1.54) is 6.08 Å². The maximum atomic E-state index is 10.8. The van der Waals surface area contributed by atoms with Gasteiger partial charge in [0, 0.05) is 6.08 Å². The highest BCUT2D eigenvalue weighted by atomic mass is 28.3. The second kappa shape index (κ2) is 7.01. The molecular weight excluding hydrogens is 204 g/mol. The van der Waals surface area contributed by atoms with E-state index in [2.05, 4.69) is 26.3 Å². The molecule has 0 saturated heterocycles. The van der Waals surface area contributed by atoms with E-state index in [0.717, 1.165) is 12.5 Å². The molecule has 0 amide bonds. The number of ether oxygens (including phenoxy) is 1. The first-order valence-electron chi connectivity index (χ1n) is 4.84. The summed E-state index contributed by atoms with van der Waals surface area (Å²) in [5.41, 5.74) is 5.80. The molecule has 0 radical (unpaired) electrons. The Kier molecular flexibility index (Phi) is 6.38. The number of carbonyl (C=O) groups is 1. The smallest absolute Gasteiger partial charge is 0.330 e. The predicted octanol–water partition coefficient (Wildman–Crippen LogP) is 2.73. The molecule has 3 heteroatoms. The van der Waals surface area contributed by atoms with Crippen LogP contribution in [-0.4, -0.2) is 20.7 Å². The highest BCUT2D eigenvalue weighted by Gasteiger charge is 2.20. The average Bonchev–Trinajstić information content (AvgIpc) is 2.30. The van der Waals surface area contributed by atoms with Crippen molar-refractivity contribution in [2.24, 2.45) is 0 Å². The fourth-order valence-electron chi connectivity index (χ4n) is 1.17. The molecule has 0 saturated carbocycles. The number of rotatable bonds is 8. The lowest BCUT2D eigenvalue weighted by atomic mass is 10.5. The Balaban J connectivity index is 3.97. The van der Waals surface area contributed by atoms with Crippen molar-refractivity contribution in [1.82, 2.24) is 0 Å². The third-order valence-corrected chi connectivity index (χ3v) is 5.81. The summed E-state index contributed by atoms with van der Waals surface area (Å²) in [6.45, 7) is 15.1. The van der Waals surface area contributed by atoms with Gasteiger partial charge in [-0.1, -0.05) is 23.7 Å². The minimum absolute atomic E-state index is 0.377. The molecule has 0 unspecified atom stereocenters. The average molecular weight is 222 g/mol. The molecule has 0 aromatic carbocycles. The molecule has 82 valence electrons. The summed E-state index contributed by atoms with van der Waals surface area (Å²) in [4.78, 5) is 10.8. The van der Waals surface area contributed by atoms with Crippen LogP contribution < -0.4 is 0 Å². The molecule has 0 heterocycles. The van der Waals surface area contributed by atoms with Crippen LogP contribution in [0.1, 0.15) is 6.42 Å². The Morgan fingerprint density at radius 1 is 1.13 bits per heavy atom. The normalized spacial score (nSPS) is 10.1. The Morgan fingerprint density at radius 3 is 2.07 bits per heavy atom. The second-order valence-electron chi connectivity index (χ2n) is 3.20. The molecule has 0 bridgehead atoms. The lowest BCUT2D eigenvalue weighted by molar-refractivity contribution is -0.137. The van der Waals surface area contributed by atoms with Crippen molar-refractivity contribution in [3.63, 3.8) is 0 Å². The minimum Gasteiger partial charge on any atom is -0.463 e. The van der Waals surface area contributed by atoms with Gasteiger partial charge in [-0.05, 0) is 12.5 Å². The highest BCUT2D eigenvalue weighted by molar-refractivity contribution is 6.93. The molecule has 0 atom stereocenters. The number of hydrogen-bond donors (Lipinski definition) is 0. The molecule has 0 aromatic heterocycles. The van der Waals surface area contributed by atoms with Crippen molar-refractivity contribution >= 4 is 14.0 Å². The van der Waals surface area contributed by atoms with Gasteiger partial charge >= 0.3 is 5.97 Å². The van der Waals surface area contributed by atoms with Gasteiger partial charge in [-0.2, -0.15) is 0 Å². The zero-order valence-corrected chi connectivity index (χ0v) is 10.1. The first-order valence-corrected chi connectivity index (χ1v) is 7.28. The standard InChI is InChI=1S/C12H18O2Si/c1-5-12(13)14-10-9-11-15(6-2,7-3)8-4/h5-8H,1-4,9-11H2. The molecule has 0 aromatic rings. The Morgan fingerprint density at radius 2 is 1.67 bits per heavy atom. The van der Waals surface area contributed by atoms with Crippen molar-refractivity contribution in [3.05, 3.63) is 49.5 Å². The number of hydrogen-bond acceptors (Lipinski definition) is 2. The quantitative estimate of drug-likeness (QED) is 0.273. The molecule has 0 aliphatic carbocycles. The molecular formula is C12H18O2Si. The van der Waals surface area contributed by atoms with Gasteiger partial charge in [0.15, 0.2) is 0 Å². The van der Waals surface area contributed by atoms with Crippen molar-refractivity contribution in [2.45, 2.75) is 12.5 Å². The molecule has 2 nitrogen and oxygen atoms in total. The zero-order valence-electron chi connectivity index (χ0n) is 9.08. The Hall–Kier alpha value is -1.35. The van der Waals surface area contributed by atoms with Crippen LogP contribution in [0.2, 0.25) is 6.04 Å². The van der Waals surface area contributed by atoms with E-state index in [1.54, 1.807) is 0 Å². The van der Waals surface area contributed by atoms with Crippen LogP contribution >= 0.6 is 0 Å². The molecule has 0 aliphatic rings. The van der Waals surface area contributed by atoms with Gasteiger partial charge in [-0.15, -0.1) is 19.7 Å². The van der Waals surface area contributed by atoms with Gasteiger partial charge in [0.05, 0.1) is 6.61 Å². The molecule has 0 N–H and O–H groups in total. The monoisotopic (exact) mass is 222 g/mol. The van der Waals surface area contributed by atoms with Gasteiger partial charge in [0.1, 0.15) is 8.07 Å². The van der Waals surface area contributed by atoms with Crippen LogP contribution in [0.15, 0.2) is 49.5 Å². The summed E-state index contributed by atoms with van der Waals surface area (Å²) in [6, 6.07) is 0.925. The van der Waals surface area contributed by atoms with Gasteiger partial charge in [-0.25, -0.2) is 4.79 Å². The van der Waals surface area contributed by atoms with Crippen LogP contribution in [0.25, 0.3) is 0 Å². The van der Waals surface area contributed by atoms with E-state index in [9.17, 15) is 4.79 Å². The molecule has 0 spiro atoms. The van der Waals surface area contributed by atoms with Crippen molar-refractivity contribution < 1.29 is 9.53 Å². The summed E-state index contributed by atoms with van der Waals surface area (Å²) in [7, 11) is -1.73. The SMILES string of the molecule is C=CC(=O)OCCC[Si](C=C)(C=C)C=C. The first-order chi connectivity index (χ1) is 7.14. The van der Waals surface area contributed by atoms with E-state index in [1.807, 2.05) is 17.1 Å². The lowest BCUT2D eigenvalue weighted by Crippen LogP contribution is -2.26. The lowest BCUT2D eigenvalue weighted by Gasteiger charge is -2.18. The third kappa shape index (κ3) is 4.60. The van der Waals surface area contributed by atoms with E-state index in [-0.39, 0.29) is 5.97 Å². The summed E-state index contributed by atoms with van der Waals surface area (Å²) in [5.74, 6) is -0.377. The zero-order chi connectivity index (χ0) is 11.7. The fraction of sp³-hybridized carbons (Fsp3) is 0.250. The fourth-order valence-corrected chi connectivity index (χ4v) is 3.04. The maximum Gasteiger partial charge on any atom is 0.330 e. The van der Waals surface area contributed by atoms with E-state index < -0.39 is 8.07 Å². The summed E-state index contributed by atoms with van der Waals surface area (Å²) in [6.07, 6.45) is 1.97. The Bertz CT molecular complexity index is 247. The molecule has 0 fully saturated rings. The van der Waals surface area contributed by atoms with Crippen LogP contribution in [0, 0.1) is 0 Å². The van der Waals surface area contributed by atoms with Crippen molar-refractivity contribution in [2.75, 3.05) is 6.61 Å². The largest absolute Gasteiger partial charge is 0.463 e. The summed E-state index contributed by atoms with van der Waals surface area (Å²) >= 11 is 0. The molecule has 0 rings (SSSR count). The summed E-state index contributed by atoms with van der Waals surface area (Å²) in [5, 5.41) is 0. The maximum absolute atomic E-state index is 10.8. The van der Waals surface area contributed by atoms with Crippen LogP contribution in [0.4, 0.5) is 0 Å². The minimum atomic E-state index is -1.73. The number of esters is 1. The molecule has 15 heavy (non-hydrogen) atoms. The van der Waals surface area contributed by atoms with Crippen molar-refractivity contribution in [3.8, 4) is 0 Å². The summed E-state index contributed by atoms with van der Waals surface area (Å²) < 4.78 is 4.88.